The Morgan fingerprint density at radius 2 is 1.83 bits per heavy atom. The highest BCUT2D eigenvalue weighted by Crippen LogP contribution is 2.27. The quantitative estimate of drug-likeness (QED) is 0.848. The van der Waals surface area contributed by atoms with Crippen LogP contribution in [0.25, 0.3) is 11.1 Å². The minimum Gasteiger partial charge on any atom is -0.476 e. The van der Waals surface area contributed by atoms with Crippen LogP contribution in [0.3, 0.4) is 0 Å². The molecule has 4 heteroatoms. The number of carboxylic acids is 1. The van der Waals surface area contributed by atoms with Crippen molar-refractivity contribution in [2.45, 2.75) is 13.8 Å². The molecule has 92 valence electrons. The summed E-state index contributed by atoms with van der Waals surface area (Å²) in [6.45, 7) is 3.94. The van der Waals surface area contributed by atoms with E-state index in [1.165, 1.54) is 0 Å². The second kappa shape index (κ2) is 4.49. The molecule has 0 unspecified atom stereocenters. The number of hydrogen-bond acceptors (Lipinski definition) is 3. The second-order valence-corrected chi connectivity index (χ2v) is 4.26. The van der Waals surface area contributed by atoms with Crippen molar-refractivity contribution in [2.75, 3.05) is 5.73 Å². The van der Waals surface area contributed by atoms with E-state index in [1.807, 2.05) is 32.0 Å². The summed E-state index contributed by atoms with van der Waals surface area (Å²) in [4.78, 5) is 15.1. The van der Waals surface area contributed by atoms with Gasteiger partial charge in [-0.1, -0.05) is 23.8 Å². The van der Waals surface area contributed by atoms with Crippen molar-refractivity contribution in [1.29, 1.82) is 0 Å². The van der Waals surface area contributed by atoms with Gasteiger partial charge in [0, 0.05) is 5.56 Å². The SMILES string of the molecule is Cc1ccc(-c2ccc(N)nc2C(=O)O)c(C)c1. The Balaban J connectivity index is 2.67. The number of aromatic carboxylic acids is 1. The molecule has 0 aliphatic rings. The normalized spacial score (nSPS) is 10.3. The van der Waals surface area contributed by atoms with Crippen LogP contribution in [0.1, 0.15) is 21.6 Å². The number of nitrogen functional groups attached to an aromatic ring is 1. The van der Waals surface area contributed by atoms with E-state index in [0.717, 1.165) is 16.7 Å². The molecule has 0 fully saturated rings. The Morgan fingerprint density at radius 1 is 1.17 bits per heavy atom. The Morgan fingerprint density at radius 3 is 2.44 bits per heavy atom. The van der Waals surface area contributed by atoms with Crippen LogP contribution in [0.5, 0.6) is 0 Å². The number of carboxylic acid groups (broad SMARTS) is 1. The second-order valence-electron chi connectivity index (χ2n) is 4.26. The highest BCUT2D eigenvalue weighted by atomic mass is 16.4. The Kier molecular flexibility index (Phi) is 3.02. The maximum Gasteiger partial charge on any atom is 0.355 e. The predicted molar refractivity (Wildman–Crippen MR) is 70.5 cm³/mol. The summed E-state index contributed by atoms with van der Waals surface area (Å²) in [6, 6.07) is 9.18. The molecule has 0 aliphatic heterocycles. The van der Waals surface area contributed by atoms with Gasteiger partial charge in [-0.2, -0.15) is 0 Å². The van der Waals surface area contributed by atoms with Crippen molar-refractivity contribution in [3.63, 3.8) is 0 Å². The van der Waals surface area contributed by atoms with Crippen LogP contribution in [0.2, 0.25) is 0 Å². The lowest BCUT2D eigenvalue weighted by Crippen LogP contribution is -2.06. The van der Waals surface area contributed by atoms with Crippen LogP contribution in [0.15, 0.2) is 30.3 Å². The number of aromatic nitrogens is 1. The fourth-order valence-corrected chi connectivity index (χ4v) is 1.97. The molecule has 18 heavy (non-hydrogen) atoms. The van der Waals surface area contributed by atoms with Gasteiger partial charge < -0.3 is 10.8 Å². The van der Waals surface area contributed by atoms with Gasteiger partial charge in [0.15, 0.2) is 5.69 Å². The number of rotatable bonds is 2. The molecule has 0 radical (unpaired) electrons. The molecular formula is C14H14N2O2. The Bertz CT molecular complexity index is 621. The number of nitrogens with two attached hydrogens (primary N) is 1. The van der Waals surface area contributed by atoms with Gasteiger partial charge in [0.25, 0.3) is 0 Å². The molecule has 0 aliphatic carbocycles. The van der Waals surface area contributed by atoms with Gasteiger partial charge >= 0.3 is 5.97 Å². The van der Waals surface area contributed by atoms with E-state index in [2.05, 4.69) is 4.98 Å². The number of pyridine rings is 1. The van der Waals surface area contributed by atoms with Gasteiger partial charge in [-0.05, 0) is 37.1 Å². The van der Waals surface area contributed by atoms with E-state index in [9.17, 15) is 9.90 Å². The molecule has 4 nitrogen and oxygen atoms in total. The molecular weight excluding hydrogens is 228 g/mol. The molecule has 0 amide bonds. The van der Waals surface area contributed by atoms with Crippen LogP contribution in [0.4, 0.5) is 5.82 Å². The number of nitrogens with zero attached hydrogens (tertiary/aromatic N) is 1. The zero-order valence-electron chi connectivity index (χ0n) is 10.3. The minimum atomic E-state index is -1.07. The Hall–Kier alpha value is -2.36. The van der Waals surface area contributed by atoms with E-state index >= 15 is 0 Å². The number of carbonyl (C=O) groups is 1. The molecule has 0 spiro atoms. The Labute approximate surface area is 105 Å². The summed E-state index contributed by atoms with van der Waals surface area (Å²) in [5.41, 5.74) is 9.13. The first-order valence-electron chi connectivity index (χ1n) is 5.56. The molecule has 1 aromatic carbocycles. The van der Waals surface area contributed by atoms with Gasteiger partial charge in [-0.15, -0.1) is 0 Å². The zero-order valence-corrected chi connectivity index (χ0v) is 10.3. The topological polar surface area (TPSA) is 76.2 Å². The fourth-order valence-electron chi connectivity index (χ4n) is 1.97. The summed E-state index contributed by atoms with van der Waals surface area (Å²) < 4.78 is 0. The number of benzene rings is 1. The summed E-state index contributed by atoms with van der Waals surface area (Å²) >= 11 is 0. The minimum absolute atomic E-state index is 0.0121. The average molecular weight is 242 g/mol. The van der Waals surface area contributed by atoms with Gasteiger partial charge in [0.2, 0.25) is 0 Å². The number of hydrogen-bond donors (Lipinski definition) is 2. The zero-order chi connectivity index (χ0) is 13.3. The summed E-state index contributed by atoms with van der Waals surface area (Å²) in [7, 11) is 0. The van der Waals surface area contributed by atoms with E-state index in [1.54, 1.807) is 12.1 Å². The smallest absolute Gasteiger partial charge is 0.355 e. The maximum atomic E-state index is 11.2. The molecule has 0 saturated carbocycles. The lowest BCUT2D eigenvalue weighted by Gasteiger charge is -2.10. The highest BCUT2D eigenvalue weighted by molar-refractivity contribution is 5.94. The van der Waals surface area contributed by atoms with Crippen molar-refractivity contribution in [1.82, 2.24) is 4.98 Å². The molecule has 1 aromatic heterocycles. The molecule has 2 aromatic rings. The number of aryl methyl sites for hydroxylation is 2. The van der Waals surface area contributed by atoms with Crippen LogP contribution < -0.4 is 5.73 Å². The van der Waals surface area contributed by atoms with Gasteiger partial charge in [0.05, 0.1) is 0 Å². The van der Waals surface area contributed by atoms with E-state index in [-0.39, 0.29) is 11.5 Å². The first-order valence-corrected chi connectivity index (χ1v) is 5.56. The van der Waals surface area contributed by atoms with Crippen LogP contribution >= 0.6 is 0 Å². The summed E-state index contributed by atoms with van der Waals surface area (Å²) in [5, 5.41) is 9.18. The van der Waals surface area contributed by atoms with Crippen molar-refractivity contribution in [3.05, 3.63) is 47.2 Å². The first-order chi connectivity index (χ1) is 8.49. The van der Waals surface area contributed by atoms with Crippen molar-refractivity contribution in [2.24, 2.45) is 0 Å². The molecule has 3 N–H and O–H groups in total. The molecule has 0 bridgehead atoms. The number of anilines is 1. The van der Waals surface area contributed by atoms with Gasteiger partial charge in [-0.3, -0.25) is 0 Å². The summed E-state index contributed by atoms with van der Waals surface area (Å²) in [6.07, 6.45) is 0. The third-order valence-electron chi connectivity index (χ3n) is 2.79. The summed E-state index contributed by atoms with van der Waals surface area (Å²) in [5.74, 6) is -0.863. The van der Waals surface area contributed by atoms with E-state index in [4.69, 9.17) is 5.73 Å². The first kappa shape index (κ1) is 12.1. The fraction of sp³-hybridized carbons (Fsp3) is 0.143. The maximum absolute atomic E-state index is 11.2. The predicted octanol–water partition coefficient (Wildman–Crippen LogP) is 2.65. The van der Waals surface area contributed by atoms with Crippen molar-refractivity contribution < 1.29 is 9.90 Å². The standard InChI is InChI=1S/C14H14N2O2/c1-8-3-4-10(9(2)7-8)11-5-6-12(15)16-13(11)14(17)18/h3-7H,1-2H3,(H2,15,16)(H,17,18). The molecule has 1 heterocycles. The highest BCUT2D eigenvalue weighted by Gasteiger charge is 2.15. The van der Waals surface area contributed by atoms with Crippen LogP contribution in [0, 0.1) is 13.8 Å². The van der Waals surface area contributed by atoms with E-state index < -0.39 is 5.97 Å². The van der Waals surface area contributed by atoms with Gasteiger partial charge in [-0.25, -0.2) is 9.78 Å². The van der Waals surface area contributed by atoms with Gasteiger partial charge in [0.1, 0.15) is 5.82 Å². The van der Waals surface area contributed by atoms with Crippen molar-refractivity contribution in [3.8, 4) is 11.1 Å². The molecule has 2 rings (SSSR count). The van der Waals surface area contributed by atoms with E-state index in [0.29, 0.717) is 5.56 Å². The van der Waals surface area contributed by atoms with Crippen LogP contribution in [-0.2, 0) is 0 Å². The third-order valence-corrected chi connectivity index (χ3v) is 2.79. The monoisotopic (exact) mass is 242 g/mol. The third kappa shape index (κ3) is 2.18. The van der Waals surface area contributed by atoms with Crippen LogP contribution in [-0.4, -0.2) is 16.1 Å². The molecule has 0 saturated heterocycles. The lowest BCUT2D eigenvalue weighted by molar-refractivity contribution is 0.0691. The largest absolute Gasteiger partial charge is 0.476 e. The average Bonchev–Trinajstić information content (AvgIpc) is 2.29. The van der Waals surface area contributed by atoms with Crippen molar-refractivity contribution >= 4 is 11.8 Å². The molecule has 0 atom stereocenters. The lowest BCUT2D eigenvalue weighted by atomic mass is 9.97.